The second-order valence-corrected chi connectivity index (χ2v) is 11.2. The monoisotopic (exact) mass is 541 g/mol. The minimum atomic E-state index is -0.185. The highest BCUT2D eigenvalue weighted by molar-refractivity contribution is 7.15. The topological polar surface area (TPSA) is 100 Å². The Morgan fingerprint density at radius 2 is 1.92 bits per heavy atom. The van der Waals surface area contributed by atoms with Gasteiger partial charge in [0.15, 0.2) is 0 Å². The number of H-pyrrole nitrogens is 1. The number of amides is 1. The Morgan fingerprint density at radius 1 is 1.17 bits per heavy atom. The summed E-state index contributed by atoms with van der Waals surface area (Å²) in [6.07, 6.45) is 0. The van der Waals surface area contributed by atoms with Crippen LogP contribution in [-0.4, -0.2) is 52.2 Å². The number of hydrogen-bond donors (Lipinski definition) is 2. The number of carbonyl (C=O) groups excluding carboxylic acids is 1. The number of aromatic nitrogens is 3. The molecule has 0 spiro atoms. The van der Waals surface area contributed by atoms with Crippen molar-refractivity contribution in [2.75, 3.05) is 20.1 Å². The lowest BCUT2D eigenvalue weighted by Crippen LogP contribution is -2.39. The molecule has 1 aliphatic rings. The van der Waals surface area contributed by atoms with Crippen LogP contribution in [0.15, 0.2) is 53.3 Å². The SMILES string of the molecule is Cc1nc(-c2ccc(Cl)cc2)sc1COc1ccc(C(=O)N[C@@H]2CN(C)C[C@@H]2c2n[nH]c(=O)s2)cc1. The Hall–Kier alpha value is -3.05. The van der Waals surface area contributed by atoms with Crippen molar-refractivity contribution in [3.05, 3.63) is 84.4 Å². The molecule has 0 aliphatic carbocycles. The smallest absolute Gasteiger partial charge is 0.322 e. The maximum Gasteiger partial charge on any atom is 0.322 e. The third kappa shape index (κ3) is 5.52. The van der Waals surface area contributed by atoms with Crippen molar-refractivity contribution in [2.24, 2.45) is 0 Å². The van der Waals surface area contributed by atoms with Gasteiger partial charge in [0, 0.05) is 35.2 Å². The quantitative estimate of drug-likeness (QED) is 0.361. The van der Waals surface area contributed by atoms with Crippen molar-refractivity contribution in [1.82, 2.24) is 25.4 Å². The fraction of sp³-hybridized carbons (Fsp3) is 0.280. The van der Waals surface area contributed by atoms with Crippen LogP contribution < -0.4 is 14.9 Å². The first kappa shape index (κ1) is 24.6. The van der Waals surface area contributed by atoms with E-state index in [2.05, 4.69) is 25.4 Å². The van der Waals surface area contributed by atoms with Gasteiger partial charge in [-0.05, 0) is 50.4 Å². The molecule has 2 aromatic heterocycles. The second-order valence-electron chi connectivity index (χ2n) is 8.71. The number of likely N-dealkylation sites (tertiary alicyclic amines) is 1. The standard InChI is InChI=1S/C25H24ClN5O3S2/c1-14-21(35-23(27-14)16-3-7-17(26)8-4-16)13-34-18-9-5-15(6-10-18)22(32)28-20-12-31(2)11-19(20)24-29-30-25(33)36-24/h3-10,19-20H,11-13H2,1-2H3,(H,28,32)(H,30,33)/t19-,20+/m0/s1. The molecular weight excluding hydrogens is 518 g/mol. The van der Waals surface area contributed by atoms with Gasteiger partial charge in [0.1, 0.15) is 22.4 Å². The number of nitrogens with zero attached hydrogens (tertiary/aromatic N) is 3. The normalized spacial score (nSPS) is 17.9. The summed E-state index contributed by atoms with van der Waals surface area (Å²) < 4.78 is 5.97. The van der Waals surface area contributed by atoms with E-state index in [0.717, 1.165) is 44.0 Å². The molecule has 0 bridgehead atoms. The van der Waals surface area contributed by atoms with E-state index in [-0.39, 0.29) is 22.7 Å². The van der Waals surface area contributed by atoms with Crippen molar-refractivity contribution in [2.45, 2.75) is 25.5 Å². The van der Waals surface area contributed by atoms with E-state index >= 15 is 0 Å². The summed E-state index contributed by atoms with van der Waals surface area (Å²) in [5, 5.41) is 12.0. The lowest BCUT2D eigenvalue weighted by Gasteiger charge is -2.18. The zero-order chi connectivity index (χ0) is 25.2. The summed E-state index contributed by atoms with van der Waals surface area (Å²) >= 11 is 8.67. The summed E-state index contributed by atoms with van der Waals surface area (Å²) in [5.74, 6) is 0.485. The number of hydrogen-bond acceptors (Lipinski definition) is 8. The molecule has 1 saturated heterocycles. The van der Waals surface area contributed by atoms with Crippen LogP contribution in [0.1, 0.15) is 31.9 Å². The first-order chi connectivity index (χ1) is 17.4. The van der Waals surface area contributed by atoms with Crippen LogP contribution in [-0.2, 0) is 6.61 Å². The summed E-state index contributed by atoms with van der Waals surface area (Å²) in [4.78, 5) is 32.1. The average Bonchev–Trinajstić information content (AvgIpc) is 3.56. The van der Waals surface area contributed by atoms with Crippen molar-refractivity contribution < 1.29 is 9.53 Å². The molecule has 36 heavy (non-hydrogen) atoms. The molecule has 1 fully saturated rings. The Balaban J connectivity index is 1.20. The minimum absolute atomic E-state index is 0.0223. The lowest BCUT2D eigenvalue weighted by molar-refractivity contribution is 0.0935. The van der Waals surface area contributed by atoms with Gasteiger partial charge in [-0.3, -0.25) is 9.59 Å². The molecule has 5 rings (SSSR count). The number of aromatic amines is 1. The Morgan fingerprint density at radius 3 is 2.61 bits per heavy atom. The van der Waals surface area contributed by atoms with E-state index in [1.165, 1.54) is 0 Å². The summed E-state index contributed by atoms with van der Waals surface area (Å²) in [6, 6.07) is 14.6. The molecule has 186 valence electrons. The highest BCUT2D eigenvalue weighted by atomic mass is 35.5. The molecule has 1 aliphatic heterocycles. The van der Waals surface area contributed by atoms with Crippen molar-refractivity contribution in [3.8, 4) is 16.3 Å². The number of carbonyl (C=O) groups is 1. The molecule has 0 radical (unpaired) electrons. The number of benzene rings is 2. The van der Waals surface area contributed by atoms with Gasteiger partial charge in [-0.1, -0.05) is 35.1 Å². The van der Waals surface area contributed by atoms with Crippen LogP contribution in [0, 0.1) is 6.92 Å². The number of nitrogens with one attached hydrogen (secondary N) is 2. The number of aryl methyl sites for hydroxylation is 1. The van der Waals surface area contributed by atoms with Gasteiger partial charge in [0.25, 0.3) is 5.91 Å². The largest absolute Gasteiger partial charge is 0.488 e. The molecule has 2 aromatic carbocycles. The number of likely N-dealkylation sites (N-methyl/N-ethyl adjacent to an activating group) is 1. The number of halogens is 1. The predicted octanol–water partition coefficient (Wildman–Crippen LogP) is 4.32. The van der Waals surface area contributed by atoms with Crippen molar-refractivity contribution in [1.29, 1.82) is 0 Å². The molecule has 3 heterocycles. The molecule has 8 nitrogen and oxygen atoms in total. The molecule has 2 atom stereocenters. The van der Waals surface area contributed by atoms with Crippen LogP contribution >= 0.6 is 34.3 Å². The molecule has 0 saturated carbocycles. The molecule has 4 aromatic rings. The van der Waals surface area contributed by atoms with Gasteiger partial charge in [-0.2, -0.15) is 5.10 Å². The van der Waals surface area contributed by atoms with E-state index in [0.29, 0.717) is 29.5 Å². The Bertz CT molecular complexity index is 1410. The Kier molecular flexibility index (Phi) is 7.20. The zero-order valence-corrected chi connectivity index (χ0v) is 22.0. The first-order valence-electron chi connectivity index (χ1n) is 11.4. The average molecular weight is 542 g/mol. The maximum absolute atomic E-state index is 12.9. The van der Waals surface area contributed by atoms with E-state index < -0.39 is 0 Å². The third-order valence-corrected chi connectivity index (χ3v) is 8.37. The molecule has 11 heteroatoms. The molecule has 1 amide bonds. The van der Waals surface area contributed by atoms with Crippen LogP contribution in [0.25, 0.3) is 10.6 Å². The van der Waals surface area contributed by atoms with Gasteiger partial charge < -0.3 is 15.0 Å². The van der Waals surface area contributed by atoms with Crippen molar-refractivity contribution >= 4 is 40.2 Å². The van der Waals surface area contributed by atoms with Gasteiger partial charge >= 0.3 is 4.87 Å². The van der Waals surface area contributed by atoms with E-state index in [1.54, 1.807) is 35.6 Å². The summed E-state index contributed by atoms with van der Waals surface area (Å²) in [6.45, 7) is 3.79. The van der Waals surface area contributed by atoms with E-state index in [9.17, 15) is 9.59 Å². The van der Waals surface area contributed by atoms with E-state index in [4.69, 9.17) is 16.3 Å². The fourth-order valence-corrected chi connectivity index (χ4v) is 6.05. The first-order valence-corrected chi connectivity index (χ1v) is 13.4. The lowest BCUT2D eigenvalue weighted by atomic mass is 10.0. The number of ether oxygens (including phenoxy) is 1. The van der Waals surface area contributed by atoms with Gasteiger partial charge in [0.2, 0.25) is 0 Å². The van der Waals surface area contributed by atoms with Gasteiger partial charge in [-0.25, -0.2) is 10.1 Å². The summed E-state index contributed by atoms with van der Waals surface area (Å²) in [7, 11) is 1.99. The zero-order valence-electron chi connectivity index (χ0n) is 19.7. The van der Waals surface area contributed by atoms with E-state index in [1.807, 2.05) is 38.2 Å². The number of thiazole rings is 1. The van der Waals surface area contributed by atoms with Crippen molar-refractivity contribution in [3.63, 3.8) is 0 Å². The Labute approximate surface area is 220 Å². The molecule has 2 N–H and O–H groups in total. The van der Waals surface area contributed by atoms with Gasteiger partial charge in [0.05, 0.1) is 16.6 Å². The van der Waals surface area contributed by atoms with Crippen LogP contribution in [0.5, 0.6) is 5.75 Å². The van der Waals surface area contributed by atoms with Crippen LogP contribution in [0.2, 0.25) is 5.02 Å². The fourth-order valence-electron chi connectivity index (χ4n) is 4.18. The minimum Gasteiger partial charge on any atom is -0.488 e. The highest BCUT2D eigenvalue weighted by Crippen LogP contribution is 2.30. The second kappa shape index (κ2) is 10.5. The molecule has 0 unspecified atom stereocenters. The summed E-state index contributed by atoms with van der Waals surface area (Å²) in [5.41, 5.74) is 2.50. The number of rotatable bonds is 7. The molecular formula is C25H24ClN5O3S2. The van der Waals surface area contributed by atoms with Crippen LogP contribution in [0.3, 0.4) is 0 Å². The van der Waals surface area contributed by atoms with Crippen LogP contribution in [0.4, 0.5) is 0 Å². The van der Waals surface area contributed by atoms with Gasteiger partial charge in [-0.15, -0.1) is 11.3 Å². The third-order valence-electron chi connectivity index (χ3n) is 6.06. The maximum atomic E-state index is 12.9. The highest BCUT2D eigenvalue weighted by Gasteiger charge is 2.35. The predicted molar refractivity (Wildman–Crippen MR) is 142 cm³/mol.